The third kappa shape index (κ3) is 3.86. The largest absolute Gasteiger partial charge is 0.397 e. The van der Waals surface area contributed by atoms with E-state index in [4.69, 9.17) is 5.73 Å². The first-order valence-electron chi connectivity index (χ1n) is 7.25. The summed E-state index contributed by atoms with van der Waals surface area (Å²) in [6.45, 7) is 4.00. The first kappa shape index (κ1) is 15.6. The van der Waals surface area contributed by atoms with Crippen LogP contribution < -0.4 is 16.4 Å². The molecule has 21 heavy (non-hydrogen) atoms. The number of piperazine rings is 1. The molecular weight excluding hydrogens is 266 g/mol. The number of nitrogens with two attached hydrogens (primary N) is 1. The molecule has 0 aromatic heterocycles. The van der Waals surface area contributed by atoms with Crippen LogP contribution in [-0.2, 0) is 0 Å². The van der Waals surface area contributed by atoms with Crippen molar-refractivity contribution >= 4 is 17.3 Å². The maximum atomic E-state index is 11.7. The van der Waals surface area contributed by atoms with E-state index in [2.05, 4.69) is 34.5 Å². The van der Waals surface area contributed by atoms with E-state index in [1.54, 1.807) is 25.2 Å². The molecule has 1 fully saturated rings. The number of nitrogen functional groups attached to an aromatic ring is 1. The lowest BCUT2D eigenvalue weighted by Gasteiger charge is -2.38. The Bertz CT molecular complexity index is 505. The monoisotopic (exact) mass is 291 g/mol. The van der Waals surface area contributed by atoms with Crippen LogP contribution in [0.4, 0.5) is 11.4 Å². The Hall–Kier alpha value is -1.79. The highest BCUT2D eigenvalue weighted by molar-refractivity contribution is 5.96. The number of anilines is 2. The van der Waals surface area contributed by atoms with Gasteiger partial charge in [0.1, 0.15) is 0 Å². The molecule has 1 heterocycles. The zero-order chi connectivity index (χ0) is 15.4. The van der Waals surface area contributed by atoms with Crippen LogP contribution in [-0.4, -0.2) is 69.1 Å². The summed E-state index contributed by atoms with van der Waals surface area (Å²) < 4.78 is 0. The van der Waals surface area contributed by atoms with Gasteiger partial charge in [-0.15, -0.1) is 0 Å². The molecule has 0 aliphatic carbocycles. The molecule has 1 saturated heterocycles. The fraction of sp³-hybridized carbons (Fsp3) is 0.533. The van der Waals surface area contributed by atoms with Crippen LogP contribution in [0.25, 0.3) is 0 Å². The van der Waals surface area contributed by atoms with Crippen molar-refractivity contribution in [3.8, 4) is 0 Å². The second kappa shape index (κ2) is 6.78. The Morgan fingerprint density at radius 3 is 2.86 bits per heavy atom. The number of amides is 1. The summed E-state index contributed by atoms with van der Waals surface area (Å²) in [5.41, 5.74) is 8.08. The van der Waals surface area contributed by atoms with Crippen LogP contribution in [0.2, 0.25) is 0 Å². The van der Waals surface area contributed by atoms with Crippen LogP contribution in [0, 0.1) is 0 Å². The minimum atomic E-state index is -0.104. The van der Waals surface area contributed by atoms with E-state index in [-0.39, 0.29) is 5.91 Å². The summed E-state index contributed by atoms with van der Waals surface area (Å²) in [7, 11) is 5.91. The smallest absolute Gasteiger partial charge is 0.251 e. The SMILES string of the molecule is CNC(=O)c1ccc(N)c(NCC2CN(C)CCN2C)c1. The van der Waals surface area contributed by atoms with Crippen molar-refractivity contribution in [3.63, 3.8) is 0 Å². The van der Waals surface area contributed by atoms with Crippen LogP contribution in [0.15, 0.2) is 18.2 Å². The van der Waals surface area contributed by atoms with E-state index in [0.29, 0.717) is 17.3 Å². The number of carbonyl (C=O) groups is 1. The van der Waals surface area contributed by atoms with Gasteiger partial charge in [0, 0.05) is 44.8 Å². The minimum absolute atomic E-state index is 0.104. The van der Waals surface area contributed by atoms with Gasteiger partial charge in [-0.05, 0) is 32.3 Å². The molecule has 0 saturated carbocycles. The number of benzene rings is 1. The van der Waals surface area contributed by atoms with Crippen LogP contribution in [0.3, 0.4) is 0 Å². The summed E-state index contributed by atoms with van der Waals surface area (Å²) in [5.74, 6) is -0.104. The summed E-state index contributed by atoms with van der Waals surface area (Å²) in [6, 6.07) is 5.75. The van der Waals surface area contributed by atoms with Gasteiger partial charge in [0.15, 0.2) is 0 Å². The molecule has 0 bridgehead atoms. The molecule has 1 aliphatic heterocycles. The van der Waals surface area contributed by atoms with Gasteiger partial charge < -0.3 is 21.3 Å². The van der Waals surface area contributed by atoms with E-state index < -0.39 is 0 Å². The second-order valence-electron chi connectivity index (χ2n) is 5.66. The lowest BCUT2D eigenvalue weighted by atomic mass is 10.1. The molecule has 6 nitrogen and oxygen atoms in total. The molecule has 1 unspecified atom stereocenters. The molecule has 1 aliphatic rings. The predicted octanol–water partition coefficient (Wildman–Crippen LogP) is 0.286. The lowest BCUT2D eigenvalue weighted by Crippen LogP contribution is -2.52. The highest BCUT2D eigenvalue weighted by atomic mass is 16.1. The summed E-state index contributed by atoms with van der Waals surface area (Å²) in [6.07, 6.45) is 0. The first-order valence-corrected chi connectivity index (χ1v) is 7.25. The average molecular weight is 291 g/mol. The molecular formula is C15H25N5O. The van der Waals surface area contributed by atoms with Crippen molar-refractivity contribution < 1.29 is 4.79 Å². The molecule has 2 rings (SSSR count). The molecule has 1 atom stereocenters. The van der Waals surface area contributed by atoms with Gasteiger partial charge in [-0.25, -0.2) is 0 Å². The highest BCUT2D eigenvalue weighted by Gasteiger charge is 2.22. The highest BCUT2D eigenvalue weighted by Crippen LogP contribution is 2.20. The number of nitrogens with one attached hydrogen (secondary N) is 2. The standard InChI is InChI=1S/C15H25N5O/c1-17-15(21)11-4-5-13(16)14(8-11)18-9-12-10-19(2)6-7-20(12)3/h4-5,8,12,18H,6-7,9-10,16H2,1-3H3,(H,17,21). The fourth-order valence-corrected chi connectivity index (χ4v) is 2.54. The van der Waals surface area contributed by atoms with Gasteiger partial charge in [0.05, 0.1) is 11.4 Å². The van der Waals surface area contributed by atoms with Crippen LogP contribution >= 0.6 is 0 Å². The molecule has 1 amide bonds. The first-order chi connectivity index (χ1) is 10.0. The van der Waals surface area contributed by atoms with Gasteiger partial charge in [-0.3, -0.25) is 9.69 Å². The van der Waals surface area contributed by atoms with Gasteiger partial charge in [0.25, 0.3) is 5.91 Å². The molecule has 6 heteroatoms. The Kier molecular flexibility index (Phi) is 5.03. The zero-order valence-electron chi connectivity index (χ0n) is 13.0. The van der Waals surface area contributed by atoms with Gasteiger partial charge in [0.2, 0.25) is 0 Å². The van der Waals surface area contributed by atoms with Crippen molar-refractivity contribution in [1.82, 2.24) is 15.1 Å². The second-order valence-corrected chi connectivity index (χ2v) is 5.66. The molecule has 4 N–H and O–H groups in total. The maximum absolute atomic E-state index is 11.7. The average Bonchev–Trinajstić information content (AvgIpc) is 2.48. The third-order valence-electron chi connectivity index (χ3n) is 4.05. The Morgan fingerprint density at radius 1 is 1.38 bits per heavy atom. The Labute approximate surface area is 126 Å². The number of hydrogen-bond donors (Lipinski definition) is 3. The summed E-state index contributed by atoms with van der Waals surface area (Å²) >= 11 is 0. The van der Waals surface area contributed by atoms with Crippen molar-refractivity contribution in [2.45, 2.75) is 6.04 Å². The predicted molar refractivity (Wildman–Crippen MR) is 86.6 cm³/mol. The van der Waals surface area contributed by atoms with E-state index in [0.717, 1.165) is 31.9 Å². The number of rotatable bonds is 4. The molecule has 0 spiro atoms. The number of hydrogen-bond acceptors (Lipinski definition) is 5. The quantitative estimate of drug-likeness (QED) is 0.695. The summed E-state index contributed by atoms with van der Waals surface area (Å²) in [5, 5.41) is 6.00. The van der Waals surface area contributed by atoms with Crippen LogP contribution in [0.5, 0.6) is 0 Å². The molecule has 0 radical (unpaired) electrons. The molecule has 1 aromatic rings. The number of carbonyl (C=O) groups excluding carboxylic acids is 1. The molecule has 116 valence electrons. The minimum Gasteiger partial charge on any atom is -0.397 e. The number of nitrogens with zero attached hydrogens (tertiary/aromatic N) is 2. The van der Waals surface area contributed by atoms with E-state index in [9.17, 15) is 4.79 Å². The maximum Gasteiger partial charge on any atom is 0.251 e. The van der Waals surface area contributed by atoms with Gasteiger partial charge in [-0.1, -0.05) is 0 Å². The van der Waals surface area contributed by atoms with E-state index in [1.807, 2.05) is 0 Å². The van der Waals surface area contributed by atoms with Crippen molar-refractivity contribution in [3.05, 3.63) is 23.8 Å². The van der Waals surface area contributed by atoms with Crippen molar-refractivity contribution in [2.24, 2.45) is 0 Å². The topological polar surface area (TPSA) is 73.6 Å². The Morgan fingerprint density at radius 2 is 2.14 bits per heavy atom. The van der Waals surface area contributed by atoms with Gasteiger partial charge in [-0.2, -0.15) is 0 Å². The van der Waals surface area contributed by atoms with Crippen LogP contribution in [0.1, 0.15) is 10.4 Å². The molecule has 1 aromatic carbocycles. The Balaban J connectivity index is 2.03. The lowest BCUT2D eigenvalue weighted by molar-refractivity contribution is 0.0963. The number of likely N-dealkylation sites (N-methyl/N-ethyl adjacent to an activating group) is 2. The normalized spacial score (nSPS) is 20.2. The fourth-order valence-electron chi connectivity index (χ4n) is 2.54. The van der Waals surface area contributed by atoms with Crippen molar-refractivity contribution in [1.29, 1.82) is 0 Å². The van der Waals surface area contributed by atoms with E-state index >= 15 is 0 Å². The van der Waals surface area contributed by atoms with Crippen molar-refractivity contribution in [2.75, 3.05) is 58.4 Å². The summed E-state index contributed by atoms with van der Waals surface area (Å²) in [4.78, 5) is 16.4. The van der Waals surface area contributed by atoms with E-state index in [1.165, 1.54) is 0 Å². The third-order valence-corrected chi connectivity index (χ3v) is 4.05. The van der Waals surface area contributed by atoms with Gasteiger partial charge >= 0.3 is 0 Å². The zero-order valence-corrected chi connectivity index (χ0v) is 13.0.